The summed E-state index contributed by atoms with van der Waals surface area (Å²) in [6, 6.07) is -0.523. The van der Waals surface area contributed by atoms with Crippen LogP contribution in [0.1, 0.15) is 6.92 Å². The number of hydrogen-bond donors (Lipinski definition) is 3. The SMILES string of the molecule is CNC(C(C)=O)C(O)CN. The number of ketones is 1. The lowest BCUT2D eigenvalue weighted by molar-refractivity contribution is -0.121. The van der Waals surface area contributed by atoms with Crippen molar-refractivity contribution < 1.29 is 9.90 Å². The highest BCUT2D eigenvalue weighted by molar-refractivity contribution is 5.82. The maximum Gasteiger partial charge on any atom is 0.149 e. The van der Waals surface area contributed by atoms with Gasteiger partial charge in [0, 0.05) is 6.54 Å². The number of Topliss-reactive ketones (excluding diaryl/α,β-unsaturated/α-hetero) is 1. The van der Waals surface area contributed by atoms with Crippen LogP contribution in [0.15, 0.2) is 0 Å². The molecule has 0 amide bonds. The van der Waals surface area contributed by atoms with E-state index in [1.807, 2.05) is 0 Å². The Labute approximate surface area is 60.4 Å². The molecule has 0 fully saturated rings. The average molecular weight is 146 g/mol. The van der Waals surface area contributed by atoms with Crippen LogP contribution in [0.4, 0.5) is 0 Å². The second-order valence-electron chi connectivity index (χ2n) is 2.18. The quantitative estimate of drug-likeness (QED) is 0.450. The molecule has 0 saturated heterocycles. The van der Waals surface area contributed by atoms with Gasteiger partial charge in [0.15, 0.2) is 0 Å². The van der Waals surface area contributed by atoms with Gasteiger partial charge in [-0.3, -0.25) is 4.79 Å². The number of nitrogens with one attached hydrogen (secondary N) is 1. The summed E-state index contributed by atoms with van der Waals surface area (Å²) in [5.41, 5.74) is 5.14. The molecule has 0 aliphatic rings. The second kappa shape index (κ2) is 4.38. The Hall–Kier alpha value is -0.450. The van der Waals surface area contributed by atoms with Crippen molar-refractivity contribution in [1.29, 1.82) is 0 Å². The zero-order valence-electron chi connectivity index (χ0n) is 6.29. The van der Waals surface area contributed by atoms with E-state index in [-0.39, 0.29) is 12.3 Å². The molecule has 60 valence electrons. The van der Waals surface area contributed by atoms with Crippen molar-refractivity contribution in [2.75, 3.05) is 13.6 Å². The van der Waals surface area contributed by atoms with E-state index >= 15 is 0 Å². The van der Waals surface area contributed by atoms with Crippen LogP contribution in [0.3, 0.4) is 0 Å². The van der Waals surface area contributed by atoms with E-state index in [0.717, 1.165) is 0 Å². The lowest BCUT2D eigenvalue weighted by Crippen LogP contribution is -2.46. The fourth-order valence-corrected chi connectivity index (χ4v) is 0.803. The Balaban J connectivity index is 3.92. The summed E-state index contributed by atoms with van der Waals surface area (Å²) >= 11 is 0. The van der Waals surface area contributed by atoms with Crippen LogP contribution < -0.4 is 11.1 Å². The van der Waals surface area contributed by atoms with Gasteiger partial charge in [-0.25, -0.2) is 0 Å². The molecule has 0 bridgehead atoms. The van der Waals surface area contributed by atoms with Crippen LogP contribution in [-0.2, 0) is 4.79 Å². The highest BCUT2D eigenvalue weighted by atomic mass is 16.3. The molecular weight excluding hydrogens is 132 g/mol. The third-order valence-electron chi connectivity index (χ3n) is 1.38. The Morgan fingerprint density at radius 2 is 2.30 bits per heavy atom. The molecule has 0 aromatic carbocycles. The van der Waals surface area contributed by atoms with Crippen LogP contribution >= 0.6 is 0 Å². The number of aliphatic hydroxyl groups is 1. The van der Waals surface area contributed by atoms with E-state index in [0.29, 0.717) is 0 Å². The topological polar surface area (TPSA) is 75.3 Å². The second-order valence-corrected chi connectivity index (χ2v) is 2.18. The van der Waals surface area contributed by atoms with Crippen LogP contribution in [0.2, 0.25) is 0 Å². The number of rotatable bonds is 4. The summed E-state index contributed by atoms with van der Waals surface area (Å²) in [4.78, 5) is 10.7. The van der Waals surface area contributed by atoms with Gasteiger partial charge in [-0.2, -0.15) is 0 Å². The third kappa shape index (κ3) is 2.43. The zero-order chi connectivity index (χ0) is 8.15. The number of carbonyl (C=O) groups excluding carboxylic acids is 1. The molecule has 0 heterocycles. The predicted molar refractivity (Wildman–Crippen MR) is 38.6 cm³/mol. The molecule has 4 N–H and O–H groups in total. The van der Waals surface area contributed by atoms with E-state index in [9.17, 15) is 4.79 Å². The smallest absolute Gasteiger partial charge is 0.149 e. The van der Waals surface area contributed by atoms with E-state index in [4.69, 9.17) is 10.8 Å². The lowest BCUT2D eigenvalue weighted by Gasteiger charge is -2.17. The first-order valence-electron chi connectivity index (χ1n) is 3.19. The van der Waals surface area contributed by atoms with Gasteiger partial charge in [-0.15, -0.1) is 0 Å². The first kappa shape index (κ1) is 9.55. The van der Waals surface area contributed by atoms with Crippen LogP contribution in [0.5, 0.6) is 0 Å². The monoisotopic (exact) mass is 146 g/mol. The molecule has 0 aromatic heterocycles. The molecular formula is C6H14N2O2. The minimum absolute atomic E-state index is 0.0968. The van der Waals surface area contributed by atoms with E-state index < -0.39 is 12.1 Å². The first-order valence-corrected chi connectivity index (χ1v) is 3.19. The fraction of sp³-hybridized carbons (Fsp3) is 0.833. The van der Waals surface area contributed by atoms with Crippen molar-refractivity contribution in [2.45, 2.75) is 19.1 Å². The lowest BCUT2D eigenvalue weighted by atomic mass is 10.1. The van der Waals surface area contributed by atoms with Crippen LogP contribution in [-0.4, -0.2) is 36.6 Å². The minimum atomic E-state index is -0.775. The minimum Gasteiger partial charge on any atom is -0.390 e. The summed E-state index contributed by atoms with van der Waals surface area (Å²) < 4.78 is 0. The van der Waals surface area contributed by atoms with E-state index in [2.05, 4.69) is 5.32 Å². The van der Waals surface area contributed by atoms with Crippen LogP contribution in [0.25, 0.3) is 0 Å². The molecule has 0 aliphatic heterocycles. The van der Waals surface area contributed by atoms with Crippen molar-refractivity contribution in [3.63, 3.8) is 0 Å². The molecule has 4 heteroatoms. The number of nitrogens with two attached hydrogens (primary N) is 1. The van der Waals surface area contributed by atoms with E-state index in [1.54, 1.807) is 7.05 Å². The number of hydrogen-bond acceptors (Lipinski definition) is 4. The predicted octanol–water partition coefficient (Wildman–Crippen LogP) is -1.52. The number of likely N-dealkylation sites (N-methyl/N-ethyl adjacent to an activating group) is 1. The van der Waals surface area contributed by atoms with Gasteiger partial charge in [0.2, 0.25) is 0 Å². The molecule has 2 atom stereocenters. The van der Waals surface area contributed by atoms with Crippen molar-refractivity contribution in [1.82, 2.24) is 5.32 Å². The first-order chi connectivity index (χ1) is 4.63. The summed E-state index contributed by atoms with van der Waals surface area (Å²) in [5, 5.41) is 11.8. The number of carbonyl (C=O) groups is 1. The van der Waals surface area contributed by atoms with Gasteiger partial charge in [0.1, 0.15) is 5.78 Å². The molecule has 4 nitrogen and oxygen atoms in total. The molecule has 0 aromatic rings. The molecule has 0 spiro atoms. The third-order valence-corrected chi connectivity index (χ3v) is 1.38. The summed E-state index contributed by atoms with van der Waals surface area (Å²) in [5.74, 6) is -0.0968. The summed E-state index contributed by atoms with van der Waals surface area (Å²) in [6.07, 6.45) is -0.775. The molecule has 0 radical (unpaired) electrons. The fourth-order valence-electron chi connectivity index (χ4n) is 0.803. The van der Waals surface area contributed by atoms with Crippen molar-refractivity contribution in [3.05, 3.63) is 0 Å². The van der Waals surface area contributed by atoms with Crippen molar-refractivity contribution in [3.8, 4) is 0 Å². The van der Waals surface area contributed by atoms with Crippen molar-refractivity contribution in [2.24, 2.45) is 5.73 Å². The zero-order valence-corrected chi connectivity index (χ0v) is 6.29. The summed E-state index contributed by atoms with van der Waals surface area (Å²) in [7, 11) is 1.62. The van der Waals surface area contributed by atoms with E-state index in [1.165, 1.54) is 6.92 Å². The molecule has 0 rings (SSSR count). The Bertz CT molecular complexity index is 116. The van der Waals surface area contributed by atoms with Gasteiger partial charge in [-0.05, 0) is 14.0 Å². The van der Waals surface area contributed by atoms with Crippen molar-refractivity contribution >= 4 is 5.78 Å². The normalized spacial score (nSPS) is 16.4. The van der Waals surface area contributed by atoms with Gasteiger partial charge in [0.25, 0.3) is 0 Å². The van der Waals surface area contributed by atoms with Gasteiger partial charge in [-0.1, -0.05) is 0 Å². The summed E-state index contributed by atoms with van der Waals surface area (Å²) in [6.45, 7) is 1.52. The standard InChI is InChI=1S/C6H14N2O2/c1-4(9)6(8-2)5(10)3-7/h5-6,8,10H,3,7H2,1-2H3. The highest BCUT2D eigenvalue weighted by Gasteiger charge is 2.19. The van der Waals surface area contributed by atoms with Gasteiger partial charge in [0.05, 0.1) is 12.1 Å². The molecule has 2 unspecified atom stereocenters. The number of aliphatic hydroxyl groups excluding tert-OH is 1. The van der Waals surface area contributed by atoms with Gasteiger partial charge >= 0.3 is 0 Å². The molecule has 10 heavy (non-hydrogen) atoms. The molecule has 0 aliphatic carbocycles. The average Bonchev–Trinajstić information content (AvgIpc) is 1.88. The van der Waals surface area contributed by atoms with Crippen LogP contribution in [0, 0.1) is 0 Å². The Morgan fingerprint density at radius 1 is 1.80 bits per heavy atom. The highest BCUT2D eigenvalue weighted by Crippen LogP contribution is 1.91. The molecule has 0 saturated carbocycles. The maximum atomic E-state index is 10.7. The van der Waals surface area contributed by atoms with Gasteiger partial charge < -0.3 is 16.2 Å². The largest absolute Gasteiger partial charge is 0.390 e. The Morgan fingerprint density at radius 3 is 2.40 bits per heavy atom. The maximum absolute atomic E-state index is 10.7. The Kier molecular flexibility index (Phi) is 4.18.